The van der Waals surface area contributed by atoms with Crippen molar-refractivity contribution in [1.29, 1.82) is 0 Å². The predicted molar refractivity (Wildman–Crippen MR) is 73.3 cm³/mol. The maximum Gasteiger partial charge on any atom is 0.311 e. The van der Waals surface area contributed by atoms with Crippen molar-refractivity contribution in [2.24, 2.45) is 18.7 Å². The van der Waals surface area contributed by atoms with Crippen LogP contribution in [-0.2, 0) is 21.4 Å². The van der Waals surface area contributed by atoms with Crippen molar-refractivity contribution in [1.82, 2.24) is 14.7 Å². The van der Waals surface area contributed by atoms with Crippen LogP contribution in [0.25, 0.3) is 0 Å². The normalized spacial score (nSPS) is 23.0. The van der Waals surface area contributed by atoms with Gasteiger partial charge < -0.3 is 20.5 Å². The van der Waals surface area contributed by atoms with E-state index >= 15 is 0 Å². The maximum absolute atomic E-state index is 12.6. The van der Waals surface area contributed by atoms with Gasteiger partial charge in [0.05, 0.1) is 25.5 Å². The molecule has 3 unspecified atom stereocenters. The predicted octanol–water partition coefficient (Wildman–Crippen LogP) is -0.632. The van der Waals surface area contributed by atoms with Crippen LogP contribution in [0, 0.1) is 5.92 Å². The van der Waals surface area contributed by atoms with Crippen LogP contribution < -0.4 is 5.73 Å². The third-order valence-electron chi connectivity index (χ3n) is 3.74. The molecular weight excluding hydrogens is 276 g/mol. The highest BCUT2D eigenvalue weighted by atomic mass is 16.5. The third-order valence-corrected chi connectivity index (χ3v) is 3.74. The molecule has 1 saturated heterocycles. The highest BCUT2D eigenvalue weighted by Crippen LogP contribution is 2.23. The molecule has 1 aliphatic heterocycles. The molecule has 116 valence electrons. The fraction of sp³-hybridized carbons (Fsp3) is 0.615. The summed E-state index contributed by atoms with van der Waals surface area (Å²) in [6.07, 6.45) is 3.21. The molecule has 0 aromatic carbocycles. The molecular formula is C13H20N4O4. The molecule has 2 heterocycles. The number of hydrogen-bond acceptors (Lipinski definition) is 5. The van der Waals surface area contributed by atoms with Gasteiger partial charge in [0, 0.05) is 25.4 Å². The Labute approximate surface area is 122 Å². The number of amides is 1. The second kappa shape index (κ2) is 6.23. The lowest BCUT2D eigenvalue weighted by Crippen LogP contribution is -2.49. The van der Waals surface area contributed by atoms with Gasteiger partial charge in [0.15, 0.2) is 0 Å². The molecule has 21 heavy (non-hydrogen) atoms. The Bertz CT molecular complexity index is 530. The van der Waals surface area contributed by atoms with E-state index in [-0.39, 0.29) is 19.1 Å². The zero-order valence-corrected chi connectivity index (χ0v) is 12.1. The van der Waals surface area contributed by atoms with Crippen molar-refractivity contribution >= 4 is 11.9 Å². The molecule has 0 spiro atoms. The summed E-state index contributed by atoms with van der Waals surface area (Å²) < 4.78 is 6.79. The molecule has 1 aromatic heterocycles. The molecule has 1 amide bonds. The van der Waals surface area contributed by atoms with Crippen molar-refractivity contribution in [3.05, 3.63) is 18.0 Å². The van der Waals surface area contributed by atoms with E-state index in [9.17, 15) is 14.7 Å². The number of hydrogen-bond donors (Lipinski definition) is 2. The summed E-state index contributed by atoms with van der Waals surface area (Å²) >= 11 is 0. The quantitative estimate of drug-likeness (QED) is 0.748. The number of carbonyl (C=O) groups is 2. The highest BCUT2D eigenvalue weighted by Gasteiger charge is 2.40. The van der Waals surface area contributed by atoms with Crippen LogP contribution in [-0.4, -0.2) is 57.5 Å². The third kappa shape index (κ3) is 3.06. The Kier molecular flexibility index (Phi) is 4.59. The van der Waals surface area contributed by atoms with E-state index in [4.69, 9.17) is 10.5 Å². The van der Waals surface area contributed by atoms with Gasteiger partial charge in [-0.05, 0) is 6.92 Å². The monoisotopic (exact) mass is 296 g/mol. The first-order valence-corrected chi connectivity index (χ1v) is 6.80. The van der Waals surface area contributed by atoms with Gasteiger partial charge in [0.1, 0.15) is 12.0 Å². The molecule has 8 nitrogen and oxygen atoms in total. The van der Waals surface area contributed by atoms with Crippen LogP contribution in [0.4, 0.5) is 0 Å². The number of rotatable bonds is 5. The molecule has 2 rings (SSSR count). The van der Waals surface area contributed by atoms with Gasteiger partial charge in [-0.1, -0.05) is 0 Å². The number of likely N-dealkylation sites (N-methyl/N-ethyl adjacent to an activating group) is 1. The number of carboxylic acid groups (broad SMARTS) is 1. The van der Waals surface area contributed by atoms with Crippen molar-refractivity contribution in [2.75, 3.05) is 19.8 Å². The van der Waals surface area contributed by atoms with Gasteiger partial charge >= 0.3 is 5.97 Å². The highest BCUT2D eigenvalue weighted by molar-refractivity contribution is 5.84. The van der Waals surface area contributed by atoms with Gasteiger partial charge in [-0.2, -0.15) is 5.10 Å². The fourth-order valence-corrected chi connectivity index (χ4v) is 2.56. The van der Waals surface area contributed by atoms with E-state index < -0.39 is 24.0 Å². The van der Waals surface area contributed by atoms with Crippen molar-refractivity contribution in [3.8, 4) is 0 Å². The second-order valence-corrected chi connectivity index (χ2v) is 5.10. The van der Waals surface area contributed by atoms with Crippen molar-refractivity contribution in [2.45, 2.75) is 19.0 Å². The number of nitrogens with two attached hydrogens (primary N) is 1. The minimum absolute atomic E-state index is 0.117. The van der Waals surface area contributed by atoms with Gasteiger partial charge in [-0.15, -0.1) is 0 Å². The van der Waals surface area contributed by atoms with Gasteiger partial charge in [0.25, 0.3) is 0 Å². The van der Waals surface area contributed by atoms with Crippen LogP contribution >= 0.6 is 0 Å². The Morgan fingerprint density at radius 1 is 1.62 bits per heavy atom. The van der Waals surface area contributed by atoms with E-state index in [1.165, 1.54) is 11.1 Å². The van der Waals surface area contributed by atoms with Crippen molar-refractivity contribution < 1.29 is 19.4 Å². The largest absolute Gasteiger partial charge is 0.481 e. The van der Waals surface area contributed by atoms with E-state index in [1.54, 1.807) is 24.9 Å². The summed E-state index contributed by atoms with van der Waals surface area (Å²) in [5.41, 5.74) is 6.59. The first kappa shape index (κ1) is 15.5. The van der Waals surface area contributed by atoms with Crippen LogP contribution in [0.2, 0.25) is 0 Å². The van der Waals surface area contributed by atoms with Crippen LogP contribution in [0.1, 0.15) is 18.5 Å². The Hall–Kier alpha value is -1.93. The van der Waals surface area contributed by atoms with E-state index in [0.29, 0.717) is 12.1 Å². The first-order valence-electron chi connectivity index (χ1n) is 6.80. The summed E-state index contributed by atoms with van der Waals surface area (Å²) in [4.78, 5) is 25.3. The second-order valence-electron chi connectivity index (χ2n) is 5.10. The lowest BCUT2D eigenvalue weighted by molar-refractivity contribution is -0.145. The maximum atomic E-state index is 12.6. The Morgan fingerprint density at radius 3 is 2.86 bits per heavy atom. The average Bonchev–Trinajstić information content (AvgIpc) is 3.07. The molecule has 1 aromatic rings. The number of aromatic nitrogens is 2. The number of nitrogens with zero attached hydrogens (tertiary/aromatic N) is 3. The number of aryl methyl sites for hydroxylation is 1. The first-order chi connectivity index (χ1) is 9.95. The SMILES string of the molecule is CCN(C(=O)C(N)c1cnn(C)c1)C1COCC1C(=O)O. The molecule has 0 bridgehead atoms. The van der Waals surface area contributed by atoms with Crippen LogP contribution in [0.3, 0.4) is 0 Å². The van der Waals surface area contributed by atoms with E-state index in [1.807, 2.05) is 0 Å². The lowest BCUT2D eigenvalue weighted by atomic mass is 10.0. The van der Waals surface area contributed by atoms with Gasteiger partial charge in [-0.3, -0.25) is 14.3 Å². The minimum Gasteiger partial charge on any atom is -0.481 e. The zero-order valence-electron chi connectivity index (χ0n) is 12.1. The molecule has 0 radical (unpaired) electrons. The number of ether oxygens (including phenoxy) is 1. The molecule has 0 aliphatic carbocycles. The molecule has 0 saturated carbocycles. The standard InChI is InChI=1S/C13H20N4O4/c1-3-17(10-7-21-6-9(10)13(19)20)12(18)11(14)8-4-15-16(2)5-8/h4-5,9-11H,3,6-7,14H2,1-2H3,(H,19,20). The topological polar surface area (TPSA) is 111 Å². The number of carboxylic acids is 1. The Balaban J connectivity index is 2.16. The molecule has 1 fully saturated rings. The zero-order chi connectivity index (χ0) is 15.6. The minimum atomic E-state index is -0.960. The van der Waals surface area contributed by atoms with Crippen LogP contribution in [0.5, 0.6) is 0 Å². The molecule has 8 heteroatoms. The summed E-state index contributed by atoms with van der Waals surface area (Å²) in [6.45, 7) is 2.51. The smallest absolute Gasteiger partial charge is 0.311 e. The van der Waals surface area contributed by atoms with E-state index in [0.717, 1.165) is 0 Å². The average molecular weight is 296 g/mol. The lowest BCUT2D eigenvalue weighted by Gasteiger charge is -2.31. The molecule has 3 atom stereocenters. The summed E-state index contributed by atoms with van der Waals surface area (Å²) in [7, 11) is 1.74. The molecule has 3 N–H and O–H groups in total. The van der Waals surface area contributed by atoms with Gasteiger partial charge in [0.2, 0.25) is 5.91 Å². The Morgan fingerprint density at radius 2 is 2.33 bits per heavy atom. The van der Waals surface area contributed by atoms with Gasteiger partial charge in [-0.25, -0.2) is 0 Å². The van der Waals surface area contributed by atoms with Crippen LogP contribution in [0.15, 0.2) is 12.4 Å². The summed E-state index contributed by atoms with van der Waals surface area (Å²) in [5, 5.41) is 13.2. The fourth-order valence-electron chi connectivity index (χ4n) is 2.56. The summed E-state index contributed by atoms with van der Waals surface area (Å²) in [5.74, 6) is -1.99. The summed E-state index contributed by atoms with van der Waals surface area (Å²) in [6, 6.07) is -1.34. The van der Waals surface area contributed by atoms with E-state index in [2.05, 4.69) is 5.10 Å². The number of aliphatic carboxylic acids is 1. The van der Waals surface area contributed by atoms with Crippen molar-refractivity contribution in [3.63, 3.8) is 0 Å². The molecule has 1 aliphatic rings. The number of carbonyl (C=O) groups excluding carboxylic acids is 1.